The van der Waals surface area contributed by atoms with Gasteiger partial charge in [0.15, 0.2) is 0 Å². The van der Waals surface area contributed by atoms with Gasteiger partial charge in [0, 0.05) is 6.04 Å². The van der Waals surface area contributed by atoms with E-state index in [1.54, 1.807) is 11.3 Å². The van der Waals surface area contributed by atoms with E-state index in [9.17, 15) is 0 Å². The van der Waals surface area contributed by atoms with E-state index in [-0.39, 0.29) is 0 Å². The van der Waals surface area contributed by atoms with Crippen molar-refractivity contribution in [3.8, 4) is 0 Å². The molecule has 1 aromatic heterocycles. The molecule has 2 N–H and O–H groups in total. The van der Waals surface area contributed by atoms with Gasteiger partial charge in [0.05, 0.1) is 0 Å². The van der Waals surface area contributed by atoms with Crippen LogP contribution in [-0.4, -0.2) is 6.04 Å². The lowest BCUT2D eigenvalue weighted by Crippen LogP contribution is -2.22. The largest absolute Gasteiger partial charge is 0.327 e. The van der Waals surface area contributed by atoms with E-state index in [0.717, 1.165) is 6.42 Å². The molecule has 0 aliphatic heterocycles. The minimum absolute atomic E-state index is 0.361. The van der Waals surface area contributed by atoms with Crippen molar-refractivity contribution in [3.63, 3.8) is 0 Å². The number of thiophene rings is 1. The zero-order valence-corrected chi connectivity index (χ0v) is 12.7. The molecule has 0 aliphatic rings. The first kappa shape index (κ1) is 15.7. The van der Waals surface area contributed by atoms with Crippen LogP contribution in [0.15, 0.2) is 16.8 Å². The van der Waals surface area contributed by atoms with Gasteiger partial charge in [-0.25, -0.2) is 0 Å². The molecule has 104 valence electrons. The van der Waals surface area contributed by atoms with Crippen LogP contribution in [-0.2, 0) is 6.42 Å². The fourth-order valence-electron chi connectivity index (χ4n) is 2.35. The molecular formula is C16H29NS. The van der Waals surface area contributed by atoms with Crippen molar-refractivity contribution in [1.29, 1.82) is 0 Å². The maximum Gasteiger partial charge on any atom is 0.00796 e. The highest BCUT2D eigenvalue weighted by Gasteiger charge is 2.04. The fourth-order valence-corrected chi connectivity index (χ4v) is 3.04. The lowest BCUT2D eigenvalue weighted by atomic mass is 10.0. The highest BCUT2D eigenvalue weighted by atomic mass is 32.1. The number of unbranched alkanes of at least 4 members (excludes halogenated alkanes) is 7. The Hall–Kier alpha value is -0.340. The van der Waals surface area contributed by atoms with Crippen LogP contribution in [0.25, 0.3) is 0 Å². The molecule has 1 unspecified atom stereocenters. The van der Waals surface area contributed by atoms with Crippen LogP contribution in [0.5, 0.6) is 0 Å². The minimum Gasteiger partial charge on any atom is -0.327 e. The summed E-state index contributed by atoms with van der Waals surface area (Å²) in [5.41, 5.74) is 7.56. The molecular weight excluding hydrogens is 238 g/mol. The SMILES string of the molecule is CCCCCCCCCCC(N)Cc1ccsc1. The van der Waals surface area contributed by atoms with Crippen LogP contribution < -0.4 is 5.73 Å². The number of hydrogen-bond acceptors (Lipinski definition) is 2. The van der Waals surface area contributed by atoms with Gasteiger partial charge in [-0.3, -0.25) is 0 Å². The Kier molecular flexibility index (Phi) is 9.23. The van der Waals surface area contributed by atoms with Gasteiger partial charge < -0.3 is 5.73 Å². The third-order valence-electron chi connectivity index (χ3n) is 3.51. The topological polar surface area (TPSA) is 26.0 Å². The molecule has 1 heterocycles. The van der Waals surface area contributed by atoms with Crippen molar-refractivity contribution in [1.82, 2.24) is 0 Å². The van der Waals surface area contributed by atoms with Crippen LogP contribution in [0.4, 0.5) is 0 Å². The van der Waals surface area contributed by atoms with Gasteiger partial charge in [-0.15, -0.1) is 0 Å². The summed E-state index contributed by atoms with van der Waals surface area (Å²) >= 11 is 1.77. The molecule has 0 aromatic carbocycles. The van der Waals surface area contributed by atoms with Crippen LogP contribution in [0.1, 0.15) is 70.3 Å². The van der Waals surface area contributed by atoms with E-state index >= 15 is 0 Å². The van der Waals surface area contributed by atoms with Crippen LogP contribution >= 0.6 is 11.3 Å². The summed E-state index contributed by atoms with van der Waals surface area (Å²) in [4.78, 5) is 0. The second-order valence-corrected chi connectivity index (χ2v) is 6.14. The first-order chi connectivity index (χ1) is 8.83. The van der Waals surface area contributed by atoms with E-state index < -0.39 is 0 Å². The molecule has 0 saturated heterocycles. The molecule has 0 fully saturated rings. The summed E-state index contributed by atoms with van der Waals surface area (Å²) in [6.45, 7) is 2.27. The summed E-state index contributed by atoms with van der Waals surface area (Å²) in [6.07, 6.45) is 13.3. The Morgan fingerprint density at radius 1 is 1.06 bits per heavy atom. The molecule has 0 aliphatic carbocycles. The summed E-state index contributed by atoms with van der Waals surface area (Å²) in [5.74, 6) is 0. The highest BCUT2D eigenvalue weighted by Crippen LogP contribution is 2.13. The summed E-state index contributed by atoms with van der Waals surface area (Å²) in [7, 11) is 0. The lowest BCUT2D eigenvalue weighted by Gasteiger charge is -2.10. The molecule has 1 atom stereocenters. The third-order valence-corrected chi connectivity index (χ3v) is 4.24. The van der Waals surface area contributed by atoms with Crippen molar-refractivity contribution in [2.75, 3.05) is 0 Å². The molecule has 0 bridgehead atoms. The molecule has 0 amide bonds. The highest BCUT2D eigenvalue weighted by molar-refractivity contribution is 7.07. The van der Waals surface area contributed by atoms with Gasteiger partial charge in [0.2, 0.25) is 0 Å². The third kappa shape index (κ3) is 7.88. The number of rotatable bonds is 11. The Morgan fingerprint density at radius 3 is 2.33 bits per heavy atom. The van der Waals surface area contributed by atoms with Crippen LogP contribution in [0, 0.1) is 0 Å². The van der Waals surface area contributed by atoms with Crippen LogP contribution in [0.2, 0.25) is 0 Å². The summed E-state index contributed by atoms with van der Waals surface area (Å²) in [5, 5.41) is 4.35. The molecule has 1 rings (SSSR count). The van der Waals surface area contributed by atoms with Crippen molar-refractivity contribution in [2.24, 2.45) is 5.73 Å². The first-order valence-corrected chi connectivity index (χ1v) is 8.54. The predicted octanol–water partition coefficient (Wildman–Crippen LogP) is 5.15. The van der Waals surface area contributed by atoms with E-state index in [2.05, 4.69) is 23.8 Å². The standard InChI is InChI=1S/C16H29NS/c1-2-3-4-5-6-7-8-9-10-16(17)13-15-11-12-18-14-15/h11-12,14,16H,2-10,13,17H2,1H3. The van der Waals surface area contributed by atoms with E-state index in [4.69, 9.17) is 5.73 Å². The zero-order valence-electron chi connectivity index (χ0n) is 11.9. The van der Waals surface area contributed by atoms with Crippen molar-refractivity contribution < 1.29 is 0 Å². The van der Waals surface area contributed by atoms with Gasteiger partial charge in [-0.05, 0) is 35.2 Å². The first-order valence-electron chi connectivity index (χ1n) is 7.59. The maximum absolute atomic E-state index is 6.15. The van der Waals surface area contributed by atoms with Gasteiger partial charge in [-0.2, -0.15) is 11.3 Å². The smallest absolute Gasteiger partial charge is 0.00796 e. The lowest BCUT2D eigenvalue weighted by molar-refractivity contribution is 0.525. The number of nitrogens with two attached hydrogens (primary N) is 1. The van der Waals surface area contributed by atoms with Gasteiger partial charge >= 0.3 is 0 Å². The second kappa shape index (κ2) is 10.6. The van der Waals surface area contributed by atoms with E-state index in [0.29, 0.717) is 6.04 Å². The van der Waals surface area contributed by atoms with Gasteiger partial charge in [-0.1, -0.05) is 58.3 Å². The summed E-state index contributed by atoms with van der Waals surface area (Å²) in [6, 6.07) is 2.55. The summed E-state index contributed by atoms with van der Waals surface area (Å²) < 4.78 is 0. The Labute approximate surface area is 117 Å². The van der Waals surface area contributed by atoms with Crippen molar-refractivity contribution in [2.45, 2.75) is 77.2 Å². The molecule has 2 heteroatoms. The zero-order chi connectivity index (χ0) is 13.1. The van der Waals surface area contributed by atoms with Crippen molar-refractivity contribution >= 4 is 11.3 Å². The second-order valence-electron chi connectivity index (χ2n) is 5.36. The van der Waals surface area contributed by atoms with E-state index in [1.807, 2.05) is 0 Å². The van der Waals surface area contributed by atoms with E-state index in [1.165, 1.54) is 63.4 Å². The Morgan fingerprint density at radius 2 is 1.72 bits per heavy atom. The Bertz CT molecular complexity index is 269. The van der Waals surface area contributed by atoms with Crippen LogP contribution in [0.3, 0.4) is 0 Å². The number of hydrogen-bond donors (Lipinski definition) is 1. The fraction of sp³-hybridized carbons (Fsp3) is 0.750. The monoisotopic (exact) mass is 267 g/mol. The molecule has 1 nitrogen and oxygen atoms in total. The quantitative estimate of drug-likeness (QED) is 0.551. The van der Waals surface area contributed by atoms with Gasteiger partial charge in [0.25, 0.3) is 0 Å². The molecule has 0 saturated carbocycles. The average molecular weight is 267 g/mol. The minimum atomic E-state index is 0.361. The molecule has 0 radical (unpaired) electrons. The van der Waals surface area contributed by atoms with Crippen molar-refractivity contribution in [3.05, 3.63) is 22.4 Å². The molecule has 18 heavy (non-hydrogen) atoms. The Balaban J connectivity index is 1.88. The average Bonchev–Trinajstić information content (AvgIpc) is 2.85. The predicted molar refractivity (Wildman–Crippen MR) is 83.2 cm³/mol. The normalized spacial score (nSPS) is 12.8. The molecule has 1 aromatic rings. The maximum atomic E-state index is 6.15. The van der Waals surface area contributed by atoms with Gasteiger partial charge in [0.1, 0.15) is 0 Å². The molecule has 0 spiro atoms.